The first-order valence-electron chi connectivity index (χ1n) is 12.6. The van der Waals surface area contributed by atoms with Crippen LogP contribution in [0.4, 0.5) is 11.4 Å². The average Bonchev–Trinajstić information content (AvgIpc) is 2.79. The predicted molar refractivity (Wildman–Crippen MR) is 138 cm³/mol. The zero-order valence-electron chi connectivity index (χ0n) is 20.1. The SMILES string of the molecule is Cc1cc(Oc2cccc(C34CC5CC(CC(C5)C3)C4)c2Oc2ccc(N)c(C)c2)ccc1N. The van der Waals surface area contributed by atoms with Gasteiger partial charge in [-0.1, -0.05) is 12.1 Å². The van der Waals surface area contributed by atoms with Crippen molar-refractivity contribution in [2.75, 3.05) is 11.5 Å². The molecule has 7 rings (SSSR count). The Morgan fingerprint density at radius 1 is 0.706 bits per heavy atom. The number of para-hydroxylation sites is 1. The van der Waals surface area contributed by atoms with Crippen LogP contribution < -0.4 is 20.9 Å². The van der Waals surface area contributed by atoms with Crippen LogP contribution >= 0.6 is 0 Å². The summed E-state index contributed by atoms with van der Waals surface area (Å²) in [6.45, 7) is 4.02. The fourth-order valence-corrected chi connectivity index (χ4v) is 7.23. The third-order valence-electron chi connectivity index (χ3n) is 8.52. The van der Waals surface area contributed by atoms with E-state index in [9.17, 15) is 0 Å². The van der Waals surface area contributed by atoms with E-state index in [-0.39, 0.29) is 5.41 Å². The summed E-state index contributed by atoms with van der Waals surface area (Å²) in [5, 5.41) is 0. The fourth-order valence-electron chi connectivity index (χ4n) is 7.23. The minimum absolute atomic E-state index is 0.184. The van der Waals surface area contributed by atoms with Gasteiger partial charge in [0, 0.05) is 16.9 Å². The molecular weight excluding hydrogens is 420 g/mol. The molecule has 0 amide bonds. The van der Waals surface area contributed by atoms with Gasteiger partial charge >= 0.3 is 0 Å². The number of aryl methyl sites for hydroxylation is 2. The summed E-state index contributed by atoms with van der Waals surface area (Å²) in [5.74, 6) is 5.72. The van der Waals surface area contributed by atoms with Gasteiger partial charge < -0.3 is 20.9 Å². The van der Waals surface area contributed by atoms with Crippen LogP contribution in [-0.4, -0.2) is 0 Å². The molecule has 0 aromatic heterocycles. The van der Waals surface area contributed by atoms with E-state index in [2.05, 4.69) is 12.1 Å². The fraction of sp³-hybridized carbons (Fsp3) is 0.400. The maximum atomic E-state index is 6.69. The molecule has 4 saturated carbocycles. The van der Waals surface area contributed by atoms with Crippen molar-refractivity contribution in [2.24, 2.45) is 17.8 Å². The molecule has 0 aliphatic heterocycles. The molecule has 4 N–H and O–H groups in total. The Hall–Kier alpha value is -3.14. The van der Waals surface area contributed by atoms with Crippen LogP contribution in [0.1, 0.15) is 55.2 Å². The Morgan fingerprint density at radius 2 is 1.24 bits per heavy atom. The number of anilines is 2. The second-order valence-electron chi connectivity index (χ2n) is 11.1. The van der Waals surface area contributed by atoms with Gasteiger partial charge in [-0.15, -0.1) is 0 Å². The Bertz CT molecular complexity index is 1210. The molecule has 3 aromatic carbocycles. The van der Waals surface area contributed by atoms with Gasteiger partial charge in [0.1, 0.15) is 11.5 Å². The lowest BCUT2D eigenvalue weighted by atomic mass is 9.48. The van der Waals surface area contributed by atoms with Gasteiger partial charge in [-0.2, -0.15) is 0 Å². The van der Waals surface area contributed by atoms with Crippen LogP contribution in [0.2, 0.25) is 0 Å². The van der Waals surface area contributed by atoms with Gasteiger partial charge in [0.05, 0.1) is 0 Å². The van der Waals surface area contributed by atoms with Gasteiger partial charge in [0.25, 0.3) is 0 Å². The molecule has 0 unspecified atom stereocenters. The van der Waals surface area contributed by atoms with Crippen LogP contribution in [-0.2, 0) is 5.41 Å². The van der Waals surface area contributed by atoms with Crippen LogP contribution in [0.5, 0.6) is 23.0 Å². The van der Waals surface area contributed by atoms with Gasteiger partial charge in [0.15, 0.2) is 11.5 Å². The summed E-state index contributed by atoms with van der Waals surface area (Å²) in [6.07, 6.45) is 8.02. The first kappa shape index (κ1) is 21.4. The highest BCUT2D eigenvalue weighted by molar-refractivity contribution is 5.57. The Morgan fingerprint density at radius 3 is 1.76 bits per heavy atom. The highest BCUT2D eigenvalue weighted by Gasteiger charge is 2.52. The van der Waals surface area contributed by atoms with Crippen molar-refractivity contribution in [1.82, 2.24) is 0 Å². The maximum absolute atomic E-state index is 6.69. The largest absolute Gasteiger partial charge is 0.453 e. The molecule has 4 fully saturated rings. The van der Waals surface area contributed by atoms with Gasteiger partial charge in [-0.3, -0.25) is 0 Å². The third-order valence-corrected chi connectivity index (χ3v) is 8.52. The molecule has 4 aliphatic carbocycles. The summed E-state index contributed by atoms with van der Waals surface area (Å²) in [6, 6.07) is 18.1. The molecule has 4 aliphatic rings. The minimum Gasteiger partial charge on any atom is -0.453 e. The van der Waals surface area contributed by atoms with Crippen molar-refractivity contribution in [3.8, 4) is 23.0 Å². The Balaban J connectivity index is 1.45. The van der Waals surface area contributed by atoms with Crippen LogP contribution in [0.25, 0.3) is 0 Å². The van der Waals surface area contributed by atoms with Gasteiger partial charge in [-0.05, 0) is 129 Å². The molecule has 0 heterocycles. The van der Waals surface area contributed by atoms with E-state index >= 15 is 0 Å². The average molecular weight is 455 g/mol. The minimum atomic E-state index is 0.184. The monoisotopic (exact) mass is 454 g/mol. The van der Waals surface area contributed by atoms with E-state index in [1.165, 1.54) is 44.1 Å². The predicted octanol–water partition coefficient (Wildman–Crippen LogP) is 7.52. The first-order chi connectivity index (χ1) is 16.4. The number of rotatable bonds is 5. The molecule has 4 bridgehead atoms. The molecule has 0 atom stereocenters. The van der Waals surface area contributed by atoms with Crippen molar-refractivity contribution in [1.29, 1.82) is 0 Å². The van der Waals surface area contributed by atoms with Crippen LogP contribution in [0, 0.1) is 31.6 Å². The zero-order chi connectivity index (χ0) is 23.4. The topological polar surface area (TPSA) is 70.5 Å². The van der Waals surface area contributed by atoms with E-state index in [1.54, 1.807) is 0 Å². The van der Waals surface area contributed by atoms with Crippen molar-refractivity contribution in [2.45, 2.75) is 57.8 Å². The summed E-state index contributed by atoms with van der Waals surface area (Å²) < 4.78 is 13.2. The number of nitrogen functional groups attached to an aromatic ring is 2. The molecule has 0 spiro atoms. The molecule has 3 aromatic rings. The molecule has 4 nitrogen and oxygen atoms in total. The number of ether oxygens (including phenoxy) is 2. The zero-order valence-corrected chi connectivity index (χ0v) is 20.1. The molecule has 0 saturated heterocycles. The summed E-state index contributed by atoms with van der Waals surface area (Å²) in [5.41, 5.74) is 17.2. The van der Waals surface area contributed by atoms with E-state index < -0.39 is 0 Å². The van der Waals surface area contributed by atoms with Crippen LogP contribution in [0.3, 0.4) is 0 Å². The third kappa shape index (κ3) is 3.70. The number of benzene rings is 3. The van der Waals surface area contributed by atoms with E-state index in [4.69, 9.17) is 20.9 Å². The Labute approximate surface area is 202 Å². The standard InChI is InChI=1S/C30H34N2O2/c1-18-10-23(6-8-26(18)31)33-28-5-3-4-25(29(28)34-24-7-9-27(32)19(2)11-24)30-15-20-12-21(16-30)14-22(13-20)17-30/h3-11,20-22H,12-17,31-32H2,1-2H3. The Kier molecular flexibility index (Phi) is 5.02. The summed E-state index contributed by atoms with van der Waals surface area (Å²) in [4.78, 5) is 0. The molecule has 34 heavy (non-hydrogen) atoms. The number of hydrogen-bond donors (Lipinski definition) is 2. The summed E-state index contributed by atoms with van der Waals surface area (Å²) in [7, 11) is 0. The van der Waals surface area contributed by atoms with Gasteiger partial charge in [-0.25, -0.2) is 0 Å². The second-order valence-corrected chi connectivity index (χ2v) is 11.1. The van der Waals surface area contributed by atoms with E-state index in [0.717, 1.165) is 63.3 Å². The highest BCUT2D eigenvalue weighted by Crippen LogP contribution is 2.62. The number of hydrogen-bond acceptors (Lipinski definition) is 4. The highest BCUT2D eigenvalue weighted by atomic mass is 16.5. The van der Waals surface area contributed by atoms with Crippen LogP contribution in [0.15, 0.2) is 54.6 Å². The number of nitrogens with two attached hydrogens (primary N) is 2. The quantitative estimate of drug-likeness (QED) is 0.391. The van der Waals surface area contributed by atoms with Gasteiger partial charge in [0.2, 0.25) is 0 Å². The lowest BCUT2D eigenvalue weighted by molar-refractivity contribution is -0.00608. The lowest BCUT2D eigenvalue weighted by Gasteiger charge is -2.57. The molecular formula is C30H34N2O2. The normalized spacial score (nSPS) is 27.1. The van der Waals surface area contributed by atoms with E-state index in [0.29, 0.717) is 0 Å². The smallest absolute Gasteiger partial charge is 0.173 e. The lowest BCUT2D eigenvalue weighted by Crippen LogP contribution is -2.48. The van der Waals surface area contributed by atoms with Crippen molar-refractivity contribution in [3.05, 3.63) is 71.3 Å². The van der Waals surface area contributed by atoms with Crippen molar-refractivity contribution < 1.29 is 9.47 Å². The van der Waals surface area contributed by atoms with Crippen molar-refractivity contribution >= 4 is 11.4 Å². The molecule has 176 valence electrons. The second kappa shape index (κ2) is 7.97. The maximum Gasteiger partial charge on any atom is 0.173 e. The molecule has 4 heteroatoms. The van der Waals surface area contributed by atoms with E-state index in [1.807, 2.05) is 56.3 Å². The molecule has 0 radical (unpaired) electrons. The first-order valence-corrected chi connectivity index (χ1v) is 12.6. The van der Waals surface area contributed by atoms with Crippen molar-refractivity contribution in [3.63, 3.8) is 0 Å². The summed E-state index contributed by atoms with van der Waals surface area (Å²) >= 11 is 0.